The van der Waals surface area contributed by atoms with Crippen molar-refractivity contribution < 1.29 is 4.79 Å². The standard InChI is InChI=1S/C20H24N4OS/c1-21-18(25)12-26-20-23-17-9-5-4-8-16(17)19(24-20)22-15-10-13-6-2-3-7-14(13)11-15/h2-3,6-7,15H,4-5,8-12H2,1H3,(H,21,25)(H,22,23,24). The summed E-state index contributed by atoms with van der Waals surface area (Å²) in [4.78, 5) is 21.1. The van der Waals surface area contributed by atoms with Crippen LogP contribution in [0.3, 0.4) is 0 Å². The quantitative estimate of drug-likeness (QED) is 0.627. The molecule has 0 aliphatic heterocycles. The van der Waals surface area contributed by atoms with E-state index in [1.54, 1.807) is 7.05 Å². The van der Waals surface area contributed by atoms with E-state index in [2.05, 4.69) is 34.9 Å². The molecule has 0 saturated heterocycles. The molecule has 1 aromatic heterocycles. The zero-order chi connectivity index (χ0) is 17.9. The average Bonchev–Trinajstić information content (AvgIpc) is 3.08. The van der Waals surface area contributed by atoms with E-state index in [0.29, 0.717) is 17.0 Å². The summed E-state index contributed by atoms with van der Waals surface area (Å²) in [6, 6.07) is 9.04. The van der Waals surface area contributed by atoms with Gasteiger partial charge < -0.3 is 10.6 Å². The van der Waals surface area contributed by atoms with Crippen molar-refractivity contribution in [3.8, 4) is 0 Å². The Balaban J connectivity index is 1.55. The second-order valence-electron chi connectivity index (χ2n) is 6.97. The SMILES string of the molecule is CNC(=O)CSc1nc2c(c(NC3Cc4ccccc4C3)n1)CCCC2. The number of nitrogens with one attached hydrogen (secondary N) is 2. The Morgan fingerprint density at radius 2 is 1.88 bits per heavy atom. The molecule has 2 N–H and O–H groups in total. The number of fused-ring (bicyclic) bond motifs is 2. The van der Waals surface area contributed by atoms with Gasteiger partial charge in [-0.2, -0.15) is 0 Å². The van der Waals surface area contributed by atoms with Crippen LogP contribution < -0.4 is 10.6 Å². The first-order valence-corrected chi connectivity index (χ1v) is 10.3. The van der Waals surface area contributed by atoms with E-state index >= 15 is 0 Å². The second kappa shape index (κ2) is 7.66. The maximum absolute atomic E-state index is 11.6. The van der Waals surface area contributed by atoms with Crippen molar-refractivity contribution in [2.24, 2.45) is 0 Å². The summed E-state index contributed by atoms with van der Waals surface area (Å²) in [7, 11) is 1.65. The van der Waals surface area contributed by atoms with Gasteiger partial charge in [-0.15, -0.1) is 0 Å². The molecule has 5 nitrogen and oxygen atoms in total. The molecule has 1 amide bonds. The first kappa shape index (κ1) is 17.3. The number of amides is 1. The zero-order valence-electron chi connectivity index (χ0n) is 15.0. The Morgan fingerprint density at radius 3 is 2.62 bits per heavy atom. The molecular weight excluding hydrogens is 344 g/mol. The van der Waals surface area contributed by atoms with Crippen LogP contribution in [0.1, 0.15) is 35.2 Å². The van der Waals surface area contributed by atoms with Gasteiger partial charge in [0.05, 0.1) is 11.4 Å². The van der Waals surface area contributed by atoms with Crippen molar-refractivity contribution in [3.05, 3.63) is 46.6 Å². The number of benzene rings is 1. The van der Waals surface area contributed by atoms with E-state index in [0.717, 1.165) is 37.2 Å². The smallest absolute Gasteiger partial charge is 0.230 e. The molecule has 1 aromatic carbocycles. The first-order valence-electron chi connectivity index (χ1n) is 9.29. The molecule has 2 aromatic rings. The van der Waals surface area contributed by atoms with Crippen LogP contribution in [0.25, 0.3) is 0 Å². The van der Waals surface area contributed by atoms with E-state index in [4.69, 9.17) is 9.97 Å². The lowest BCUT2D eigenvalue weighted by Gasteiger charge is -2.22. The number of anilines is 1. The lowest BCUT2D eigenvalue weighted by molar-refractivity contribution is -0.118. The molecule has 136 valence electrons. The molecule has 4 rings (SSSR count). The molecule has 0 fully saturated rings. The van der Waals surface area contributed by atoms with Gasteiger partial charge in [0.2, 0.25) is 5.91 Å². The van der Waals surface area contributed by atoms with Crippen molar-refractivity contribution >= 4 is 23.5 Å². The van der Waals surface area contributed by atoms with Gasteiger partial charge in [-0.1, -0.05) is 36.0 Å². The Bertz CT molecular complexity index is 798. The van der Waals surface area contributed by atoms with E-state index in [9.17, 15) is 4.79 Å². The molecule has 0 unspecified atom stereocenters. The summed E-state index contributed by atoms with van der Waals surface area (Å²) in [5, 5.41) is 7.04. The van der Waals surface area contributed by atoms with E-state index in [1.807, 2.05) is 0 Å². The van der Waals surface area contributed by atoms with Gasteiger partial charge in [0.15, 0.2) is 5.16 Å². The molecule has 6 heteroatoms. The molecule has 2 aliphatic carbocycles. The van der Waals surface area contributed by atoms with Crippen molar-refractivity contribution in [1.29, 1.82) is 0 Å². The third-order valence-electron chi connectivity index (χ3n) is 5.17. The molecule has 0 radical (unpaired) electrons. The number of aryl methyl sites for hydroxylation is 1. The van der Waals surface area contributed by atoms with E-state index in [1.165, 1.54) is 41.3 Å². The fourth-order valence-electron chi connectivity index (χ4n) is 3.81. The molecule has 1 heterocycles. The second-order valence-corrected chi connectivity index (χ2v) is 7.91. The minimum atomic E-state index is -0.00271. The summed E-state index contributed by atoms with van der Waals surface area (Å²) in [6.45, 7) is 0. The van der Waals surface area contributed by atoms with Gasteiger partial charge in [0.1, 0.15) is 5.82 Å². The number of hydrogen-bond acceptors (Lipinski definition) is 5. The number of carbonyl (C=O) groups excluding carboxylic acids is 1. The van der Waals surface area contributed by atoms with Gasteiger partial charge in [0, 0.05) is 18.7 Å². The number of aromatic nitrogens is 2. The fraction of sp³-hybridized carbons (Fsp3) is 0.450. The molecular formula is C20H24N4OS. The summed E-state index contributed by atoms with van der Waals surface area (Å²) >= 11 is 1.41. The highest BCUT2D eigenvalue weighted by Crippen LogP contribution is 2.31. The highest BCUT2D eigenvalue weighted by Gasteiger charge is 2.24. The molecule has 26 heavy (non-hydrogen) atoms. The highest BCUT2D eigenvalue weighted by molar-refractivity contribution is 7.99. The zero-order valence-corrected chi connectivity index (χ0v) is 15.9. The predicted octanol–water partition coefficient (Wildman–Crippen LogP) is 2.77. The Morgan fingerprint density at radius 1 is 1.15 bits per heavy atom. The van der Waals surface area contributed by atoms with E-state index < -0.39 is 0 Å². The minimum absolute atomic E-state index is 0.00271. The summed E-state index contributed by atoms with van der Waals surface area (Å²) in [5.74, 6) is 1.33. The largest absolute Gasteiger partial charge is 0.366 e. The topological polar surface area (TPSA) is 66.9 Å². The molecule has 0 spiro atoms. The predicted molar refractivity (Wildman–Crippen MR) is 105 cm³/mol. The van der Waals surface area contributed by atoms with Crippen molar-refractivity contribution in [2.45, 2.75) is 49.7 Å². The summed E-state index contributed by atoms with van der Waals surface area (Å²) in [5.41, 5.74) is 5.30. The van der Waals surface area contributed by atoms with Crippen molar-refractivity contribution in [2.75, 3.05) is 18.1 Å². The monoisotopic (exact) mass is 368 g/mol. The number of carbonyl (C=O) groups is 1. The van der Waals surface area contributed by atoms with Crippen molar-refractivity contribution in [1.82, 2.24) is 15.3 Å². The average molecular weight is 369 g/mol. The first-order chi connectivity index (χ1) is 12.7. The normalized spacial score (nSPS) is 16.0. The number of thioether (sulfide) groups is 1. The summed E-state index contributed by atoms with van der Waals surface area (Å²) in [6.07, 6.45) is 6.49. The third kappa shape index (κ3) is 3.70. The van der Waals surface area contributed by atoms with E-state index in [-0.39, 0.29) is 5.91 Å². The van der Waals surface area contributed by atoms with Crippen LogP contribution in [0.15, 0.2) is 29.4 Å². The van der Waals surface area contributed by atoms with Gasteiger partial charge in [-0.3, -0.25) is 4.79 Å². The number of rotatable bonds is 5. The highest BCUT2D eigenvalue weighted by atomic mass is 32.2. The Kier molecular flexibility index (Phi) is 5.11. The lowest BCUT2D eigenvalue weighted by atomic mass is 9.96. The van der Waals surface area contributed by atoms with Crippen LogP contribution in [-0.2, 0) is 30.5 Å². The lowest BCUT2D eigenvalue weighted by Crippen LogP contribution is -2.23. The van der Waals surface area contributed by atoms with Crippen LogP contribution in [0.5, 0.6) is 0 Å². The minimum Gasteiger partial charge on any atom is -0.366 e. The number of hydrogen-bond donors (Lipinski definition) is 2. The third-order valence-corrected chi connectivity index (χ3v) is 6.01. The van der Waals surface area contributed by atoms with Crippen LogP contribution >= 0.6 is 11.8 Å². The van der Waals surface area contributed by atoms with Gasteiger partial charge in [-0.25, -0.2) is 9.97 Å². The maximum Gasteiger partial charge on any atom is 0.230 e. The molecule has 2 aliphatic rings. The maximum atomic E-state index is 11.6. The number of nitrogens with zero attached hydrogens (tertiary/aromatic N) is 2. The summed E-state index contributed by atoms with van der Waals surface area (Å²) < 4.78 is 0. The van der Waals surface area contributed by atoms with Crippen LogP contribution in [0.2, 0.25) is 0 Å². The van der Waals surface area contributed by atoms with Crippen LogP contribution in [-0.4, -0.2) is 34.7 Å². The molecule has 0 atom stereocenters. The Labute approximate surface area is 158 Å². The fourth-order valence-corrected chi connectivity index (χ4v) is 4.55. The van der Waals surface area contributed by atoms with Crippen molar-refractivity contribution in [3.63, 3.8) is 0 Å². The molecule has 0 saturated carbocycles. The Hall–Kier alpha value is -2.08. The molecule has 0 bridgehead atoms. The van der Waals surface area contributed by atoms with Gasteiger partial charge in [-0.05, 0) is 49.7 Å². The van der Waals surface area contributed by atoms with Gasteiger partial charge in [0.25, 0.3) is 0 Å². The van der Waals surface area contributed by atoms with Crippen LogP contribution in [0, 0.1) is 0 Å². The van der Waals surface area contributed by atoms with Crippen LogP contribution in [0.4, 0.5) is 5.82 Å². The van der Waals surface area contributed by atoms with Gasteiger partial charge >= 0.3 is 0 Å².